The summed E-state index contributed by atoms with van der Waals surface area (Å²) >= 11 is 1.74. The van der Waals surface area contributed by atoms with Crippen molar-refractivity contribution in [3.8, 4) is 0 Å². The molecule has 0 spiro atoms. The van der Waals surface area contributed by atoms with Gasteiger partial charge in [0.25, 0.3) is 0 Å². The molecule has 1 atom stereocenters. The van der Waals surface area contributed by atoms with Gasteiger partial charge < -0.3 is 15.5 Å². The number of nitrogens with zero attached hydrogens (tertiary/aromatic N) is 3. The second-order valence-corrected chi connectivity index (χ2v) is 8.68. The second-order valence-electron chi connectivity index (χ2n) is 7.90. The molecule has 8 heteroatoms. The van der Waals surface area contributed by atoms with Gasteiger partial charge in [0.1, 0.15) is 0 Å². The smallest absolute Gasteiger partial charge is 0.225 e. The lowest BCUT2D eigenvalue weighted by Crippen LogP contribution is -2.52. The Morgan fingerprint density at radius 2 is 2.03 bits per heavy atom. The van der Waals surface area contributed by atoms with Crippen molar-refractivity contribution >= 4 is 47.2 Å². The molecule has 1 saturated heterocycles. The number of nitrogens with one attached hydrogen (secondary N) is 2. The normalized spacial score (nSPS) is 19.2. The number of hydrogen-bond acceptors (Lipinski definition) is 4. The van der Waals surface area contributed by atoms with E-state index < -0.39 is 0 Å². The predicted molar refractivity (Wildman–Crippen MR) is 132 cm³/mol. The Labute approximate surface area is 196 Å². The number of aliphatic imine (C=N–C) groups is 1. The molecule has 164 valence electrons. The molecule has 1 aromatic heterocycles. The lowest BCUT2D eigenvalue weighted by atomic mass is 9.84. The molecule has 1 aromatic rings. The lowest BCUT2D eigenvalue weighted by Gasteiger charge is -2.38. The highest BCUT2D eigenvalue weighted by Crippen LogP contribution is 2.28. The zero-order valence-electron chi connectivity index (χ0n) is 17.7. The molecule has 0 bridgehead atoms. The van der Waals surface area contributed by atoms with Gasteiger partial charge >= 0.3 is 0 Å². The van der Waals surface area contributed by atoms with Crippen molar-refractivity contribution in [3.63, 3.8) is 0 Å². The third-order valence-corrected chi connectivity index (χ3v) is 6.54. The maximum absolute atomic E-state index is 12.3. The van der Waals surface area contributed by atoms with E-state index in [9.17, 15) is 4.79 Å². The fourth-order valence-corrected chi connectivity index (χ4v) is 4.45. The summed E-state index contributed by atoms with van der Waals surface area (Å²) in [5, 5.41) is 11.1. The van der Waals surface area contributed by atoms with Gasteiger partial charge in [-0.15, -0.1) is 24.0 Å². The molecular formula is C21H36IN5OS. The zero-order valence-corrected chi connectivity index (χ0v) is 20.9. The summed E-state index contributed by atoms with van der Waals surface area (Å²) < 4.78 is 0. The van der Waals surface area contributed by atoms with Crippen LogP contribution in [-0.2, 0) is 4.79 Å². The van der Waals surface area contributed by atoms with Crippen molar-refractivity contribution < 1.29 is 4.79 Å². The molecule has 1 aliphatic carbocycles. The average molecular weight is 534 g/mol. The van der Waals surface area contributed by atoms with Crippen LogP contribution in [-0.4, -0.2) is 74.0 Å². The Kier molecular flexibility index (Phi) is 10.7. The lowest BCUT2D eigenvalue weighted by molar-refractivity contribution is -0.139. The first-order valence-electron chi connectivity index (χ1n) is 10.7. The van der Waals surface area contributed by atoms with Gasteiger partial charge in [0.05, 0.1) is 0 Å². The van der Waals surface area contributed by atoms with E-state index in [0.29, 0.717) is 17.7 Å². The number of halogens is 1. The quantitative estimate of drug-likeness (QED) is 0.307. The molecule has 2 N–H and O–H groups in total. The molecule has 2 heterocycles. The summed E-state index contributed by atoms with van der Waals surface area (Å²) in [6.45, 7) is 11.5. The fraction of sp³-hybridized carbons (Fsp3) is 0.714. The number of hydrogen-bond donors (Lipinski definition) is 2. The molecule has 6 nitrogen and oxygen atoms in total. The maximum Gasteiger partial charge on any atom is 0.225 e. The highest BCUT2D eigenvalue weighted by Gasteiger charge is 2.30. The van der Waals surface area contributed by atoms with Crippen LogP contribution >= 0.6 is 35.3 Å². The monoisotopic (exact) mass is 533 g/mol. The van der Waals surface area contributed by atoms with E-state index in [2.05, 4.69) is 51.1 Å². The second kappa shape index (κ2) is 12.7. The first-order chi connectivity index (χ1) is 13.7. The molecule has 1 amide bonds. The summed E-state index contributed by atoms with van der Waals surface area (Å²) in [4.78, 5) is 21.6. The minimum atomic E-state index is 0. The van der Waals surface area contributed by atoms with Crippen molar-refractivity contribution in [2.45, 2.75) is 39.0 Å². The Balaban J connectivity index is 0.00000300. The third-order valence-electron chi connectivity index (χ3n) is 5.84. The fourth-order valence-electron chi connectivity index (χ4n) is 3.67. The molecule has 29 heavy (non-hydrogen) atoms. The number of carbonyl (C=O) groups is 1. The molecule has 2 aliphatic rings. The van der Waals surface area contributed by atoms with Gasteiger partial charge in [0, 0.05) is 64.2 Å². The molecule has 0 aromatic carbocycles. The van der Waals surface area contributed by atoms with Crippen molar-refractivity contribution in [1.29, 1.82) is 0 Å². The summed E-state index contributed by atoms with van der Waals surface area (Å²) in [5.74, 6) is 2.04. The Bertz CT molecular complexity index is 627. The third kappa shape index (κ3) is 7.40. The largest absolute Gasteiger partial charge is 0.357 e. The van der Waals surface area contributed by atoms with Crippen molar-refractivity contribution in [2.75, 3.05) is 52.4 Å². The molecule has 1 saturated carbocycles. The van der Waals surface area contributed by atoms with Crippen molar-refractivity contribution in [1.82, 2.24) is 20.4 Å². The van der Waals surface area contributed by atoms with Crippen LogP contribution in [0.4, 0.5) is 0 Å². The van der Waals surface area contributed by atoms with E-state index in [1.165, 1.54) is 12.0 Å². The van der Waals surface area contributed by atoms with Crippen LogP contribution in [0.1, 0.15) is 44.6 Å². The highest BCUT2D eigenvalue weighted by atomic mass is 127. The van der Waals surface area contributed by atoms with Crippen molar-refractivity contribution in [2.24, 2.45) is 10.9 Å². The standard InChI is InChI=1S/C21H35N5OS.HI/c1-3-22-21(24-15-17(2)19-7-14-28-16-19)23-8-9-25-10-12-26(13-11-25)20(27)18-5-4-6-18;/h7,14,16-18H,3-6,8-13,15H2,1-2H3,(H2,22,23,24);1H. The van der Waals surface area contributed by atoms with E-state index in [1.807, 2.05) is 0 Å². The highest BCUT2D eigenvalue weighted by molar-refractivity contribution is 14.0. The van der Waals surface area contributed by atoms with E-state index in [0.717, 1.165) is 71.2 Å². The topological polar surface area (TPSA) is 60.0 Å². The molecule has 1 unspecified atom stereocenters. The number of rotatable bonds is 8. The Morgan fingerprint density at radius 3 is 2.62 bits per heavy atom. The van der Waals surface area contributed by atoms with Gasteiger partial charge in [-0.3, -0.25) is 14.7 Å². The minimum absolute atomic E-state index is 0. The Morgan fingerprint density at radius 1 is 1.28 bits per heavy atom. The van der Waals surface area contributed by atoms with Gasteiger partial charge in [-0.05, 0) is 42.2 Å². The summed E-state index contributed by atoms with van der Waals surface area (Å²) in [6.07, 6.45) is 3.42. The summed E-state index contributed by atoms with van der Waals surface area (Å²) in [6, 6.07) is 2.18. The number of carbonyl (C=O) groups excluding carboxylic acids is 1. The number of guanidine groups is 1. The van der Waals surface area contributed by atoms with Gasteiger partial charge in [-0.1, -0.05) is 13.3 Å². The maximum atomic E-state index is 12.3. The van der Waals surface area contributed by atoms with Gasteiger partial charge in [-0.2, -0.15) is 11.3 Å². The van der Waals surface area contributed by atoms with E-state index in [4.69, 9.17) is 4.99 Å². The predicted octanol–water partition coefficient (Wildman–Crippen LogP) is 2.97. The number of amides is 1. The molecule has 2 fully saturated rings. The van der Waals surface area contributed by atoms with Crippen LogP contribution in [0.3, 0.4) is 0 Å². The summed E-state index contributed by atoms with van der Waals surface area (Å²) in [7, 11) is 0. The van der Waals surface area contributed by atoms with Gasteiger partial charge in [0.2, 0.25) is 5.91 Å². The van der Waals surface area contributed by atoms with E-state index in [1.54, 1.807) is 11.3 Å². The van der Waals surface area contributed by atoms with Crippen molar-refractivity contribution in [3.05, 3.63) is 22.4 Å². The minimum Gasteiger partial charge on any atom is -0.357 e. The van der Waals surface area contributed by atoms with Crippen LogP contribution in [0, 0.1) is 5.92 Å². The molecule has 3 rings (SSSR count). The van der Waals surface area contributed by atoms with Crippen LogP contribution < -0.4 is 10.6 Å². The first kappa shape index (κ1) is 24.4. The molecular weight excluding hydrogens is 497 g/mol. The first-order valence-corrected chi connectivity index (χ1v) is 11.7. The van der Waals surface area contributed by atoms with Gasteiger partial charge in [-0.25, -0.2) is 0 Å². The zero-order chi connectivity index (χ0) is 19.8. The van der Waals surface area contributed by atoms with Crippen LogP contribution in [0.15, 0.2) is 21.8 Å². The average Bonchev–Trinajstić information content (AvgIpc) is 3.20. The SMILES string of the molecule is CCNC(=NCC(C)c1ccsc1)NCCN1CCN(C(=O)C2CCC2)CC1.I. The Hall–Kier alpha value is -0.870. The van der Waals surface area contributed by atoms with Crippen LogP contribution in [0.5, 0.6) is 0 Å². The number of thiophene rings is 1. The van der Waals surface area contributed by atoms with Crippen LogP contribution in [0.2, 0.25) is 0 Å². The summed E-state index contributed by atoms with van der Waals surface area (Å²) in [5.41, 5.74) is 1.36. The van der Waals surface area contributed by atoms with Gasteiger partial charge in [0.15, 0.2) is 5.96 Å². The molecule has 1 aliphatic heterocycles. The van der Waals surface area contributed by atoms with E-state index in [-0.39, 0.29) is 24.0 Å². The van der Waals surface area contributed by atoms with E-state index >= 15 is 0 Å². The van der Waals surface area contributed by atoms with Crippen LogP contribution in [0.25, 0.3) is 0 Å². The number of piperazine rings is 1. The molecule has 0 radical (unpaired) electrons.